The Balaban J connectivity index is 1.42. The van der Waals surface area contributed by atoms with Crippen LogP contribution in [0.1, 0.15) is 20.9 Å². The van der Waals surface area contributed by atoms with E-state index in [-0.39, 0.29) is 16.8 Å². The number of fused-ring (bicyclic) bond motifs is 1. The highest BCUT2D eigenvalue weighted by atomic mass is 32.1. The molecule has 8 nitrogen and oxygen atoms in total. The van der Waals surface area contributed by atoms with Crippen molar-refractivity contribution in [3.8, 4) is 11.5 Å². The van der Waals surface area contributed by atoms with Crippen molar-refractivity contribution in [1.82, 2.24) is 5.32 Å². The first-order valence-electron chi connectivity index (χ1n) is 10.2. The fourth-order valence-electron chi connectivity index (χ4n) is 3.25. The zero-order valence-electron chi connectivity index (χ0n) is 18.4. The van der Waals surface area contributed by atoms with Gasteiger partial charge in [-0.3, -0.25) is 14.9 Å². The molecule has 3 aromatic carbocycles. The Hall–Kier alpha value is -4.37. The summed E-state index contributed by atoms with van der Waals surface area (Å²) < 4.78 is 16.2. The Morgan fingerprint density at radius 1 is 0.853 bits per heavy atom. The van der Waals surface area contributed by atoms with Crippen LogP contribution < -0.4 is 25.4 Å². The van der Waals surface area contributed by atoms with E-state index in [9.17, 15) is 9.59 Å². The van der Waals surface area contributed by atoms with E-state index in [4.69, 9.17) is 26.1 Å². The molecular formula is C25H21N3O5S. The lowest BCUT2D eigenvalue weighted by atomic mass is 10.2. The SMILES string of the molecule is COc1cccc(C(=O)NC(=S)Nc2ccc(NC(=O)c3cc4ccccc4o3)c(OC)c2)c1. The van der Waals surface area contributed by atoms with Crippen LogP contribution >= 0.6 is 12.2 Å². The fourth-order valence-corrected chi connectivity index (χ4v) is 3.46. The van der Waals surface area contributed by atoms with Gasteiger partial charge in [0.15, 0.2) is 10.9 Å². The van der Waals surface area contributed by atoms with E-state index in [1.807, 2.05) is 18.2 Å². The number of carbonyl (C=O) groups is 2. The van der Waals surface area contributed by atoms with Gasteiger partial charge in [-0.1, -0.05) is 24.3 Å². The molecule has 0 spiro atoms. The maximum Gasteiger partial charge on any atom is 0.291 e. The summed E-state index contributed by atoms with van der Waals surface area (Å²) in [5.74, 6) is 0.370. The Morgan fingerprint density at radius 3 is 2.44 bits per heavy atom. The van der Waals surface area contributed by atoms with Crippen molar-refractivity contribution in [2.45, 2.75) is 0 Å². The van der Waals surface area contributed by atoms with Crippen molar-refractivity contribution >= 4 is 51.5 Å². The molecule has 0 aliphatic carbocycles. The molecule has 0 fully saturated rings. The van der Waals surface area contributed by atoms with E-state index < -0.39 is 5.91 Å². The second-order valence-corrected chi connectivity index (χ2v) is 7.57. The third-order valence-corrected chi connectivity index (χ3v) is 5.12. The molecule has 0 unspecified atom stereocenters. The number of carbonyl (C=O) groups excluding carboxylic acids is 2. The number of anilines is 2. The second kappa shape index (κ2) is 10.1. The maximum absolute atomic E-state index is 12.7. The summed E-state index contributed by atoms with van der Waals surface area (Å²) >= 11 is 5.25. The fraction of sp³-hybridized carbons (Fsp3) is 0.0800. The highest BCUT2D eigenvalue weighted by Crippen LogP contribution is 2.29. The minimum Gasteiger partial charge on any atom is -0.497 e. The molecule has 1 heterocycles. The van der Waals surface area contributed by atoms with Gasteiger partial charge in [0.1, 0.15) is 17.1 Å². The van der Waals surface area contributed by atoms with Gasteiger partial charge < -0.3 is 24.5 Å². The summed E-state index contributed by atoms with van der Waals surface area (Å²) in [4.78, 5) is 25.1. The van der Waals surface area contributed by atoms with Gasteiger partial charge in [0.05, 0.1) is 19.9 Å². The summed E-state index contributed by atoms with van der Waals surface area (Å²) in [7, 11) is 3.01. The molecule has 0 aliphatic heterocycles. The summed E-state index contributed by atoms with van der Waals surface area (Å²) in [5, 5.41) is 9.28. The van der Waals surface area contributed by atoms with Crippen LogP contribution in [0.15, 0.2) is 77.2 Å². The Bertz CT molecular complexity index is 1350. The van der Waals surface area contributed by atoms with Crippen molar-refractivity contribution in [1.29, 1.82) is 0 Å². The van der Waals surface area contributed by atoms with Crippen LogP contribution in [0.25, 0.3) is 11.0 Å². The van der Waals surface area contributed by atoms with E-state index in [0.717, 1.165) is 5.39 Å². The van der Waals surface area contributed by atoms with Gasteiger partial charge in [0.2, 0.25) is 0 Å². The summed E-state index contributed by atoms with van der Waals surface area (Å²) in [6, 6.07) is 20.8. The van der Waals surface area contributed by atoms with E-state index >= 15 is 0 Å². The summed E-state index contributed by atoms with van der Waals surface area (Å²) in [6.45, 7) is 0. The number of rotatable bonds is 6. The summed E-state index contributed by atoms with van der Waals surface area (Å²) in [5.41, 5.74) is 2.05. The zero-order chi connectivity index (χ0) is 24.1. The molecule has 1 aromatic heterocycles. The number of amides is 2. The smallest absolute Gasteiger partial charge is 0.291 e. The molecule has 4 aromatic rings. The zero-order valence-corrected chi connectivity index (χ0v) is 19.2. The van der Waals surface area contributed by atoms with E-state index in [1.54, 1.807) is 54.6 Å². The van der Waals surface area contributed by atoms with Gasteiger partial charge in [0, 0.05) is 22.7 Å². The molecule has 0 atom stereocenters. The molecule has 0 bridgehead atoms. The van der Waals surface area contributed by atoms with Crippen molar-refractivity contribution in [3.63, 3.8) is 0 Å². The standard InChI is InChI=1S/C25H21N3O5S/c1-31-18-8-5-7-16(12-18)23(29)28-25(34)26-17-10-11-19(21(14-17)32-2)27-24(30)22-13-15-6-3-4-9-20(15)33-22/h3-14H,1-2H3,(H,27,30)(H2,26,28,29,34). The van der Waals surface area contributed by atoms with Crippen LogP contribution in [0, 0.1) is 0 Å². The summed E-state index contributed by atoms with van der Waals surface area (Å²) in [6.07, 6.45) is 0. The average molecular weight is 476 g/mol. The maximum atomic E-state index is 12.7. The normalized spacial score (nSPS) is 10.4. The van der Waals surface area contributed by atoms with Gasteiger partial charge in [-0.2, -0.15) is 0 Å². The third-order valence-electron chi connectivity index (χ3n) is 4.92. The minimum absolute atomic E-state index is 0.105. The molecule has 0 saturated heterocycles. The number of furan rings is 1. The Kier molecular flexibility index (Phi) is 6.74. The minimum atomic E-state index is -0.406. The van der Waals surface area contributed by atoms with Crippen LogP contribution in [-0.2, 0) is 0 Å². The molecule has 3 N–H and O–H groups in total. The first kappa shape index (κ1) is 22.8. The molecule has 4 rings (SSSR count). The van der Waals surface area contributed by atoms with Crippen molar-refractivity contribution in [3.05, 3.63) is 84.1 Å². The van der Waals surface area contributed by atoms with Gasteiger partial charge in [-0.05, 0) is 54.7 Å². The second-order valence-electron chi connectivity index (χ2n) is 7.16. The monoisotopic (exact) mass is 475 g/mol. The van der Waals surface area contributed by atoms with Crippen molar-refractivity contribution in [2.75, 3.05) is 24.9 Å². The number of hydrogen-bond acceptors (Lipinski definition) is 6. The molecule has 172 valence electrons. The van der Waals surface area contributed by atoms with Crippen LogP contribution in [0.3, 0.4) is 0 Å². The van der Waals surface area contributed by atoms with Crippen molar-refractivity contribution in [2.24, 2.45) is 0 Å². The number of thiocarbonyl (C=S) groups is 1. The first-order valence-corrected chi connectivity index (χ1v) is 10.6. The lowest BCUT2D eigenvalue weighted by Crippen LogP contribution is -2.34. The van der Waals surface area contributed by atoms with E-state index in [0.29, 0.717) is 34.0 Å². The Morgan fingerprint density at radius 2 is 1.68 bits per heavy atom. The predicted molar refractivity (Wildman–Crippen MR) is 134 cm³/mol. The molecule has 2 amide bonds. The lowest BCUT2D eigenvalue weighted by Gasteiger charge is -2.14. The quantitative estimate of drug-likeness (QED) is 0.343. The molecule has 0 saturated carbocycles. The molecular weight excluding hydrogens is 454 g/mol. The first-order chi connectivity index (χ1) is 16.5. The molecule has 0 radical (unpaired) electrons. The Labute approximate surface area is 200 Å². The third kappa shape index (κ3) is 5.16. The number of ether oxygens (including phenoxy) is 2. The molecule has 9 heteroatoms. The number of para-hydroxylation sites is 1. The highest BCUT2D eigenvalue weighted by molar-refractivity contribution is 7.80. The lowest BCUT2D eigenvalue weighted by molar-refractivity contribution is 0.0975. The number of nitrogens with one attached hydrogen (secondary N) is 3. The van der Waals surface area contributed by atoms with Crippen LogP contribution in [-0.4, -0.2) is 31.1 Å². The largest absolute Gasteiger partial charge is 0.497 e. The number of hydrogen-bond donors (Lipinski definition) is 3. The van der Waals surface area contributed by atoms with Gasteiger partial charge in [-0.25, -0.2) is 0 Å². The molecule has 34 heavy (non-hydrogen) atoms. The number of benzene rings is 3. The van der Waals surface area contributed by atoms with Gasteiger partial charge >= 0.3 is 0 Å². The van der Waals surface area contributed by atoms with Crippen LogP contribution in [0.5, 0.6) is 11.5 Å². The topological polar surface area (TPSA) is 102 Å². The average Bonchev–Trinajstić information content (AvgIpc) is 3.29. The van der Waals surface area contributed by atoms with Crippen molar-refractivity contribution < 1.29 is 23.5 Å². The van der Waals surface area contributed by atoms with Gasteiger partial charge in [-0.15, -0.1) is 0 Å². The highest BCUT2D eigenvalue weighted by Gasteiger charge is 2.15. The number of methoxy groups -OCH3 is 2. The molecule has 0 aliphatic rings. The van der Waals surface area contributed by atoms with Crippen LogP contribution in [0.2, 0.25) is 0 Å². The van der Waals surface area contributed by atoms with Gasteiger partial charge in [0.25, 0.3) is 11.8 Å². The van der Waals surface area contributed by atoms with Crippen LogP contribution in [0.4, 0.5) is 11.4 Å². The van der Waals surface area contributed by atoms with E-state index in [2.05, 4.69) is 16.0 Å². The van der Waals surface area contributed by atoms with E-state index in [1.165, 1.54) is 14.2 Å². The predicted octanol–water partition coefficient (Wildman–Crippen LogP) is 4.83.